The van der Waals surface area contributed by atoms with E-state index < -0.39 is 11.6 Å². The lowest BCUT2D eigenvalue weighted by atomic mass is 10.1. The summed E-state index contributed by atoms with van der Waals surface area (Å²) in [6.45, 7) is 4.64. The van der Waals surface area contributed by atoms with Gasteiger partial charge in [-0.3, -0.25) is 4.90 Å². The van der Waals surface area contributed by atoms with Gasteiger partial charge < -0.3 is 14.0 Å². The molecule has 36 heavy (non-hydrogen) atoms. The van der Waals surface area contributed by atoms with Crippen LogP contribution in [0.4, 0.5) is 8.78 Å². The molecule has 0 atom stereocenters. The number of halogens is 2. The monoisotopic (exact) mass is 489 g/mol. The molecule has 1 aliphatic rings. The van der Waals surface area contributed by atoms with Gasteiger partial charge in [0.25, 0.3) is 0 Å². The Kier molecular flexibility index (Phi) is 7.28. The van der Waals surface area contributed by atoms with Crippen LogP contribution in [0.1, 0.15) is 36.6 Å². The highest BCUT2D eigenvalue weighted by Gasteiger charge is 2.19. The predicted molar refractivity (Wildman–Crippen MR) is 134 cm³/mol. The van der Waals surface area contributed by atoms with E-state index in [0.29, 0.717) is 30.9 Å². The Labute approximate surface area is 209 Å². The first-order valence-electron chi connectivity index (χ1n) is 12.3. The number of aromatic nitrogens is 2. The summed E-state index contributed by atoms with van der Waals surface area (Å²) in [6.07, 6.45) is 4.00. The SMILES string of the molecule is CCCCn1c(CN(Cc2ccc3c(c2)OCO3)Cc2ccc(F)cc2F)cnc1-c1ccccc1. The topological polar surface area (TPSA) is 39.5 Å². The molecule has 0 unspecified atom stereocenters. The van der Waals surface area contributed by atoms with Crippen molar-refractivity contribution in [3.05, 3.63) is 101 Å². The van der Waals surface area contributed by atoms with Crippen LogP contribution >= 0.6 is 0 Å². The lowest BCUT2D eigenvalue weighted by Crippen LogP contribution is -2.24. The van der Waals surface area contributed by atoms with Crippen molar-refractivity contribution in [2.45, 2.75) is 45.9 Å². The maximum absolute atomic E-state index is 14.6. The van der Waals surface area contributed by atoms with Crippen LogP contribution in [0.2, 0.25) is 0 Å². The lowest BCUT2D eigenvalue weighted by Gasteiger charge is -2.24. The summed E-state index contributed by atoms with van der Waals surface area (Å²) < 4.78 is 41.4. The molecule has 0 aliphatic carbocycles. The average molecular weight is 490 g/mol. The van der Waals surface area contributed by atoms with E-state index in [4.69, 9.17) is 14.5 Å². The highest BCUT2D eigenvalue weighted by molar-refractivity contribution is 5.56. The van der Waals surface area contributed by atoms with E-state index in [-0.39, 0.29) is 6.79 Å². The van der Waals surface area contributed by atoms with Crippen molar-refractivity contribution in [3.8, 4) is 22.9 Å². The van der Waals surface area contributed by atoms with Gasteiger partial charge in [-0.05, 0) is 30.2 Å². The number of nitrogens with zero attached hydrogens (tertiary/aromatic N) is 3. The van der Waals surface area contributed by atoms with Crippen LogP contribution in [0, 0.1) is 11.6 Å². The largest absolute Gasteiger partial charge is 0.454 e. The van der Waals surface area contributed by atoms with Crippen molar-refractivity contribution in [1.82, 2.24) is 14.5 Å². The fraction of sp³-hybridized carbons (Fsp3) is 0.276. The van der Waals surface area contributed by atoms with Gasteiger partial charge in [0.05, 0.1) is 11.9 Å². The van der Waals surface area contributed by atoms with Crippen LogP contribution < -0.4 is 9.47 Å². The zero-order valence-corrected chi connectivity index (χ0v) is 20.3. The Morgan fingerprint density at radius 1 is 0.917 bits per heavy atom. The van der Waals surface area contributed by atoms with E-state index in [1.807, 2.05) is 42.6 Å². The second-order valence-electron chi connectivity index (χ2n) is 9.01. The van der Waals surface area contributed by atoms with Crippen LogP contribution in [-0.4, -0.2) is 21.2 Å². The number of rotatable bonds is 10. The van der Waals surface area contributed by atoms with Gasteiger partial charge in [-0.15, -0.1) is 0 Å². The molecular formula is C29H29F2N3O2. The third kappa shape index (κ3) is 5.41. The molecule has 5 rings (SSSR count). The molecule has 5 nitrogen and oxygen atoms in total. The summed E-state index contributed by atoms with van der Waals surface area (Å²) in [4.78, 5) is 6.90. The van der Waals surface area contributed by atoms with E-state index in [9.17, 15) is 8.78 Å². The molecule has 0 saturated heterocycles. The Morgan fingerprint density at radius 3 is 2.56 bits per heavy atom. The van der Waals surface area contributed by atoms with Crippen molar-refractivity contribution in [2.24, 2.45) is 0 Å². The molecule has 0 bridgehead atoms. The minimum absolute atomic E-state index is 0.210. The Bertz CT molecular complexity index is 1320. The summed E-state index contributed by atoms with van der Waals surface area (Å²) in [5, 5.41) is 0. The molecule has 0 spiro atoms. The van der Waals surface area contributed by atoms with Crippen molar-refractivity contribution < 1.29 is 18.3 Å². The molecule has 2 heterocycles. The van der Waals surface area contributed by atoms with Crippen LogP contribution in [-0.2, 0) is 26.2 Å². The number of ether oxygens (including phenoxy) is 2. The van der Waals surface area contributed by atoms with Gasteiger partial charge in [0, 0.05) is 43.4 Å². The zero-order valence-electron chi connectivity index (χ0n) is 20.3. The van der Waals surface area contributed by atoms with Gasteiger partial charge in [-0.1, -0.05) is 55.8 Å². The maximum atomic E-state index is 14.6. The van der Waals surface area contributed by atoms with E-state index in [2.05, 4.69) is 28.5 Å². The zero-order chi connectivity index (χ0) is 24.9. The quantitative estimate of drug-likeness (QED) is 0.253. The number of unbranched alkanes of at least 4 members (excludes halogenated alkanes) is 1. The summed E-state index contributed by atoms with van der Waals surface area (Å²) in [6, 6.07) is 19.7. The summed E-state index contributed by atoms with van der Waals surface area (Å²) >= 11 is 0. The normalized spacial score (nSPS) is 12.4. The Morgan fingerprint density at radius 2 is 1.75 bits per heavy atom. The number of hydrogen-bond donors (Lipinski definition) is 0. The Balaban J connectivity index is 1.46. The molecular weight excluding hydrogens is 460 g/mol. The fourth-order valence-electron chi connectivity index (χ4n) is 4.51. The van der Waals surface area contributed by atoms with E-state index >= 15 is 0 Å². The third-order valence-corrected chi connectivity index (χ3v) is 6.34. The molecule has 1 aliphatic heterocycles. The first-order chi connectivity index (χ1) is 17.6. The summed E-state index contributed by atoms with van der Waals surface area (Å²) in [7, 11) is 0. The molecule has 0 fully saturated rings. The first kappa shape index (κ1) is 24.0. The van der Waals surface area contributed by atoms with E-state index in [1.54, 1.807) is 0 Å². The van der Waals surface area contributed by atoms with Crippen molar-refractivity contribution in [1.29, 1.82) is 0 Å². The van der Waals surface area contributed by atoms with Crippen LogP contribution in [0.5, 0.6) is 11.5 Å². The molecule has 0 amide bonds. The van der Waals surface area contributed by atoms with Gasteiger partial charge >= 0.3 is 0 Å². The molecule has 0 radical (unpaired) electrons. The summed E-state index contributed by atoms with van der Waals surface area (Å²) in [5.41, 5.74) is 3.57. The second kappa shape index (κ2) is 10.9. The van der Waals surface area contributed by atoms with Crippen LogP contribution in [0.3, 0.4) is 0 Å². The fourth-order valence-corrected chi connectivity index (χ4v) is 4.51. The molecule has 7 heteroatoms. The van der Waals surface area contributed by atoms with Crippen molar-refractivity contribution >= 4 is 0 Å². The molecule has 4 aromatic rings. The highest BCUT2D eigenvalue weighted by atomic mass is 19.1. The van der Waals surface area contributed by atoms with Gasteiger partial charge in [0.1, 0.15) is 17.5 Å². The molecule has 0 N–H and O–H groups in total. The Hall–Kier alpha value is -3.71. The smallest absolute Gasteiger partial charge is 0.231 e. The van der Waals surface area contributed by atoms with Crippen molar-refractivity contribution in [3.63, 3.8) is 0 Å². The first-order valence-corrected chi connectivity index (χ1v) is 12.3. The lowest BCUT2D eigenvalue weighted by molar-refractivity contribution is 0.174. The standard InChI is InChI=1S/C29H29F2N3O2/c1-2-3-13-34-25(16-32-29(34)22-7-5-4-6-8-22)19-33(18-23-10-11-24(30)15-26(23)31)17-21-9-12-27-28(14-21)36-20-35-27/h4-12,14-16H,2-3,13,17-20H2,1H3. The minimum atomic E-state index is -0.580. The van der Waals surface area contributed by atoms with E-state index in [0.717, 1.165) is 53.8 Å². The van der Waals surface area contributed by atoms with Gasteiger partial charge in [-0.25, -0.2) is 13.8 Å². The maximum Gasteiger partial charge on any atom is 0.231 e. The number of benzene rings is 3. The third-order valence-electron chi connectivity index (χ3n) is 6.34. The molecule has 3 aromatic carbocycles. The van der Waals surface area contributed by atoms with E-state index in [1.165, 1.54) is 12.1 Å². The molecule has 186 valence electrons. The molecule has 1 aromatic heterocycles. The number of fused-ring (bicyclic) bond motifs is 1. The van der Waals surface area contributed by atoms with Gasteiger partial charge in [0.15, 0.2) is 11.5 Å². The average Bonchev–Trinajstić information content (AvgIpc) is 3.51. The van der Waals surface area contributed by atoms with Crippen LogP contribution in [0.25, 0.3) is 11.4 Å². The van der Waals surface area contributed by atoms with Gasteiger partial charge in [-0.2, -0.15) is 0 Å². The summed E-state index contributed by atoms with van der Waals surface area (Å²) in [5.74, 6) is 1.23. The van der Waals surface area contributed by atoms with Gasteiger partial charge in [0.2, 0.25) is 6.79 Å². The predicted octanol–water partition coefficient (Wildman–Crippen LogP) is 6.56. The second-order valence-corrected chi connectivity index (χ2v) is 9.01. The minimum Gasteiger partial charge on any atom is -0.454 e. The van der Waals surface area contributed by atoms with Crippen LogP contribution in [0.15, 0.2) is 72.9 Å². The highest BCUT2D eigenvalue weighted by Crippen LogP contribution is 2.33. The molecule has 0 saturated carbocycles. The number of imidazole rings is 1. The number of hydrogen-bond acceptors (Lipinski definition) is 4. The van der Waals surface area contributed by atoms with Crippen molar-refractivity contribution in [2.75, 3.05) is 6.79 Å².